The lowest BCUT2D eigenvalue weighted by molar-refractivity contribution is 0.262. The van der Waals surface area contributed by atoms with E-state index in [1.54, 1.807) is 48.5 Å². The number of urea groups is 1. The molecule has 0 spiro atoms. The Kier molecular flexibility index (Phi) is 5.76. The number of amides is 2. The van der Waals surface area contributed by atoms with E-state index in [0.29, 0.717) is 22.1 Å². The van der Waals surface area contributed by atoms with Gasteiger partial charge in [-0.3, -0.25) is 0 Å². The van der Waals surface area contributed by atoms with Gasteiger partial charge in [-0.25, -0.2) is 21.6 Å². The maximum absolute atomic E-state index is 12.5. The number of halogens is 2. The standard InChI is InChI=1S/C21H14Cl2N2O5S2/c22-31(27,28)19-7-3-13-1-5-17(9-15(13)11-19)24-21(26)25-18-6-2-14-4-8-20(32(23,29)30)12-16(14)10-18/h1-12H,(H2,24,25,26). The second-order valence-corrected chi connectivity index (χ2v) is 12.0. The van der Waals surface area contributed by atoms with Crippen molar-refractivity contribution in [1.29, 1.82) is 0 Å². The molecular weight excluding hydrogens is 495 g/mol. The highest BCUT2D eigenvalue weighted by molar-refractivity contribution is 8.14. The highest BCUT2D eigenvalue weighted by Gasteiger charge is 2.12. The van der Waals surface area contributed by atoms with Crippen molar-refractivity contribution in [2.24, 2.45) is 0 Å². The van der Waals surface area contributed by atoms with Crippen LogP contribution in [0.1, 0.15) is 0 Å². The minimum Gasteiger partial charge on any atom is -0.308 e. The lowest BCUT2D eigenvalue weighted by Gasteiger charge is -2.10. The lowest BCUT2D eigenvalue weighted by atomic mass is 10.1. The summed E-state index contributed by atoms with van der Waals surface area (Å²) < 4.78 is 46.2. The molecule has 32 heavy (non-hydrogen) atoms. The number of hydrogen-bond donors (Lipinski definition) is 2. The van der Waals surface area contributed by atoms with Crippen LogP contribution in [0.2, 0.25) is 0 Å². The summed E-state index contributed by atoms with van der Waals surface area (Å²) in [5.41, 5.74) is 0.880. The average Bonchev–Trinajstić information content (AvgIpc) is 2.71. The molecule has 7 nitrogen and oxygen atoms in total. The molecule has 2 N–H and O–H groups in total. The van der Waals surface area contributed by atoms with Crippen molar-refractivity contribution in [2.75, 3.05) is 10.6 Å². The van der Waals surface area contributed by atoms with Crippen LogP contribution in [0.3, 0.4) is 0 Å². The van der Waals surface area contributed by atoms with Crippen LogP contribution in [-0.4, -0.2) is 22.9 Å². The summed E-state index contributed by atoms with van der Waals surface area (Å²) in [5.74, 6) is 0. The Bertz CT molecular complexity index is 1480. The Hall–Kier alpha value is -2.85. The molecule has 0 heterocycles. The summed E-state index contributed by atoms with van der Waals surface area (Å²) in [6.45, 7) is 0. The number of benzene rings is 4. The number of nitrogens with one attached hydrogen (secondary N) is 2. The first-order chi connectivity index (χ1) is 15.0. The van der Waals surface area contributed by atoms with Crippen molar-refractivity contribution in [3.8, 4) is 0 Å². The van der Waals surface area contributed by atoms with Crippen LogP contribution in [0.15, 0.2) is 82.6 Å². The number of hydrogen-bond acceptors (Lipinski definition) is 5. The minimum atomic E-state index is -3.87. The third-order valence-corrected chi connectivity index (χ3v) is 7.41. The van der Waals surface area contributed by atoms with Crippen molar-refractivity contribution >= 4 is 78.4 Å². The normalized spacial score (nSPS) is 12.1. The van der Waals surface area contributed by atoms with E-state index >= 15 is 0 Å². The van der Waals surface area contributed by atoms with Crippen molar-refractivity contribution in [3.05, 3.63) is 72.8 Å². The second-order valence-electron chi connectivity index (χ2n) is 6.90. The first-order valence-electron chi connectivity index (χ1n) is 9.04. The summed E-state index contributed by atoms with van der Waals surface area (Å²) in [6.07, 6.45) is 0. The molecule has 0 saturated carbocycles. The zero-order chi connectivity index (χ0) is 23.1. The number of fused-ring (bicyclic) bond motifs is 2. The minimum absolute atomic E-state index is 0.0391. The first-order valence-corrected chi connectivity index (χ1v) is 13.7. The monoisotopic (exact) mass is 508 g/mol. The topological polar surface area (TPSA) is 109 Å². The summed E-state index contributed by atoms with van der Waals surface area (Å²) in [7, 11) is 3.05. The van der Waals surface area contributed by atoms with Crippen molar-refractivity contribution in [2.45, 2.75) is 9.79 Å². The van der Waals surface area contributed by atoms with E-state index in [-0.39, 0.29) is 9.79 Å². The van der Waals surface area contributed by atoms with Crippen LogP contribution in [0.4, 0.5) is 16.2 Å². The Morgan fingerprint density at radius 2 is 0.938 bits per heavy atom. The Balaban J connectivity index is 1.56. The molecule has 0 radical (unpaired) electrons. The van der Waals surface area contributed by atoms with E-state index in [4.69, 9.17) is 21.4 Å². The zero-order valence-corrected chi connectivity index (χ0v) is 19.2. The number of anilines is 2. The molecule has 0 aliphatic rings. The molecule has 2 amide bonds. The van der Waals surface area contributed by atoms with Gasteiger partial charge in [-0.15, -0.1) is 0 Å². The molecule has 4 aromatic rings. The van der Waals surface area contributed by atoms with Gasteiger partial charge in [0.2, 0.25) is 0 Å². The van der Waals surface area contributed by atoms with Gasteiger partial charge in [0.15, 0.2) is 0 Å². The van der Waals surface area contributed by atoms with Crippen LogP contribution < -0.4 is 10.6 Å². The molecule has 11 heteroatoms. The van der Waals surface area contributed by atoms with Crippen LogP contribution in [0.25, 0.3) is 21.5 Å². The van der Waals surface area contributed by atoms with Gasteiger partial charge in [-0.1, -0.05) is 24.3 Å². The predicted octanol–water partition coefficient (Wildman–Crippen LogP) is 5.49. The molecule has 0 atom stereocenters. The van der Waals surface area contributed by atoms with E-state index in [1.165, 1.54) is 24.3 Å². The smallest absolute Gasteiger partial charge is 0.308 e. The zero-order valence-electron chi connectivity index (χ0n) is 16.0. The van der Waals surface area contributed by atoms with E-state index < -0.39 is 24.1 Å². The van der Waals surface area contributed by atoms with Gasteiger partial charge in [0.05, 0.1) is 9.79 Å². The fourth-order valence-electron chi connectivity index (χ4n) is 3.20. The van der Waals surface area contributed by atoms with Gasteiger partial charge in [-0.05, 0) is 70.1 Å². The van der Waals surface area contributed by atoms with Crippen molar-refractivity contribution in [3.63, 3.8) is 0 Å². The van der Waals surface area contributed by atoms with E-state index in [1.807, 2.05) is 0 Å². The summed E-state index contributed by atoms with van der Waals surface area (Å²) in [6, 6.07) is 18.4. The molecule has 0 saturated heterocycles. The number of carbonyl (C=O) groups excluding carboxylic acids is 1. The maximum Gasteiger partial charge on any atom is 0.323 e. The molecule has 0 bridgehead atoms. The molecule has 0 aliphatic heterocycles. The summed E-state index contributed by atoms with van der Waals surface area (Å²) >= 11 is 0. The molecule has 4 rings (SSSR count). The largest absolute Gasteiger partial charge is 0.323 e. The van der Waals surface area contributed by atoms with Crippen molar-refractivity contribution in [1.82, 2.24) is 0 Å². The summed E-state index contributed by atoms with van der Waals surface area (Å²) in [5, 5.41) is 8.08. The van der Waals surface area contributed by atoms with Crippen LogP contribution in [-0.2, 0) is 18.1 Å². The quantitative estimate of drug-likeness (QED) is 0.354. The third-order valence-electron chi connectivity index (χ3n) is 4.70. The fraction of sp³-hybridized carbons (Fsp3) is 0. The summed E-state index contributed by atoms with van der Waals surface area (Å²) in [4.78, 5) is 12.4. The molecule has 0 unspecified atom stereocenters. The van der Waals surface area contributed by atoms with E-state index in [0.717, 1.165) is 10.8 Å². The highest BCUT2D eigenvalue weighted by Crippen LogP contribution is 2.26. The molecule has 164 valence electrons. The molecule has 0 aliphatic carbocycles. The lowest BCUT2D eigenvalue weighted by Crippen LogP contribution is -2.19. The molecule has 0 fully saturated rings. The highest BCUT2D eigenvalue weighted by atomic mass is 35.7. The van der Waals surface area contributed by atoms with Gasteiger partial charge in [0.25, 0.3) is 18.1 Å². The third kappa shape index (κ3) is 4.97. The fourth-order valence-corrected chi connectivity index (χ4v) is 4.77. The van der Waals surface area contributed by atoms with Crippen LogP contribution in [0.5, 0.6) is 0 Å². The SMILES string of the molecule is O=C(Nc1ccc2ccc(S(=O)(=O)Cl)cc2c1)Nc1ccc2ccc(S(=O)(=O)Cl)cc2c1. The van der Waals surface area contributed by atoms with Gasteiger partial charge in [-0.2, -0.15) is 0 Å². The Morgan fingerprint density at radius 1 is 0.562 bits per heavy atom. The van der Waals surface area contributed by atoms with Gasteiger partial charge in [0.1, 0.15) is 0 Å². The van der Waals surface area contributed by atoms with E-state index in [9.17, 15) is 21.6 Å². The molecule has 0 aromatic heterocycles. The van der Waals surface area contributed by atoms with Gasteiger partial charge >= 0.3 is 6.03 Å². The van der Waals surface area contributed by atoms with Crippen LogP contribution in [0, 0.1) is 0 Å². The van der Waals surface area contributed by atoms with Crippen LogP contribution >= 0.6 is 21.4 Å². The Labute approximate surface area is 192 Å². The average molecular weight is 509 g/mol. The number of rotatable bonds is 4. The van der Waals surface area contributed by atoms with E-state index in [2.05, 4.69) is 10.6 Å². The second kappa shape index (κ2) is 8.25. The molecule has 4 aromatic carbocycles. The predicted molar refractivity (Wildman–Crippen MR) is 127 cm³/mol. The van der Waals surface area contributed by atoms with Crippen molar-refractivity contribution < 1.29 is 21.6 Å². The first kappa shape index (κ1) is 22.3. The van der Waals surface area contributed by atoms with Gasteiger partial charge < -0.3 is 10.6 Å². The maximum atomic E-state index is 12.5. The molecular formula is C21H14Cl2N2O5S2. The number of carbonyl (C=O) groups is 1. The Morgan fingerprint density at radius 3 is 1.31 bits per heavy atom. The van der Waals surface area contributed by atoms with Gasteiger partial charge in [0, 0.05) is 32.7 Å².